The zero-order chi connectivity index (χ0) is 24.8. The van der Waals surface area contributed by atoms with E-state index < -0.39 is 17.6 Å². The fraction of sp³-hybridized carbons (Fsp3) is 0.462. The molecule has 1 saturated heterocycles. The zero-order valence-electron chi connectivity index (χ0n) is 20.1. The number of Topliss-reactive ketones (excluding diaryl/α,β-unsaturated/α-hetero) is 1. The lowest BCUT2D eigenvalue weighted by molar-refractivity contribution is -0.137. The highest BCUT2D eigenvalue weighted by Crippen LogP contribution is 2.34. The second-order valence-corrected chi connectivity index (χ2v) is 8.89. The first-order chi connectivity index (χ1) is 16.9. The van der Waals surface area contributed by atoms with Crippen LogP contribution in [0, 0.1) is 0 Å². The average Bonchev–Trinajstić information content (AvgIpc) is 3.35. The number of hydrogen-bond donors (Lipinski definition) is 2. The van der Waals surface area contributed by atoms with Gasteiger partial charge in [0.25, 0.3) is 5.91 Å². The summed E-state index contributed by atoms with van der Waals surface area (Å²) >= 11 is 0. The van der Waals surface area contributed by atoms with Crippen molar-refractivity contribution < 1.29 is 23.1 Å². The second-order valence-electron chi connectivity index (χ2n) is 8.89. The van der Waals surface area contributed by atoms with Gasteiger partial charge in [-0.25, -0.2) is 14.4 Å². The number of nitrogens with zero attached hydrogens (tertiary/aromatic N) is 2. The smallest absolute Gasteiger partial charge is 0.261 e. The van der Waals surface area contributed by atoms with Gasteiger partial charge in [0, 0.05) is 31.3 Å². The van der Waals surface area contributed by atoms with Gasteiger partial charge in [-0.1, -0.05) is 38.0 Å². The lowest BCUT2D eigenvalue weighted by Crippen LogP contribution is -2.64. The third kappa shape index (κ3) is 5.67. The van der Waals surface area contributed by atoms with Crippen LogP contribution >= 0.6 is 0 Å². The number of pyridine rings is 1. The molecule has 0 spiro atoms. The highest BCUT2D eigenvalue weighted by atomic mass is 19.1. The highest BCUT2D eigenvalue weighted by Gasteiger charge is 2.45. The number of halogens is 1. The van der Waals surface area contributed by atoms with Gasteiger partial charge in [0.2, 0.25) is 17.4 Å². The zero-order valence-corrected chi connectivity index (χ0v) is 20.1. The number of amides is 1. The van der Waals surface area contributed by atoms with Crippen LogP contribution in [0.2, 0.25) is 0 Å². The Hall–Kier alpha value is -3.33. The van der Waals surface area contributed by atoms with E-state index in [9.17, 15) is 14.0 Å². The number of methoxy groups -OCH3 is 1. The van der Waals surface area contributed by atoms with Crippen LogP contribution in [0.5, 0.6) is 5.88 Å². The molecule has 2 aromatic heterocycles. The van der Waals surface area contributed by atoms with E-state index in [2.05, 4.69) is 20.6 Å². The first-order valence-corrected chi connectivity index (χ1v) is 12.1. The Bertz CT molecular complexity index is 1190. The van der Waals surface area contributed by atoms with E-state index in [0.717, 1.165) is 30.2 Å². The Morgan fingerprint density at radius 2 is 2.06 bits per heavy atom. The minimum absolute atomic E-state index is 0.0124. The predicted molar refractivity (Wildman–Crippen MR) is 130 cm³/mol. The molecule has 3 heterocycles. The van der Waals surface area contributed by atoms with Gasteiger partial charge in [-0.2, -0.15) is 0 Å². The Kier molecular flexibility index (Phi) is 7.75. The molecule has 4 rings (SSSR count). The van der Waals surface area contributed by atoms with Crippen molar-refractivity contribution in [2.75, 3.05) is 20.2 Å². The topological polar surface area (TPSA) is 106 Å². The molecule has 35 heavy (non-hydrogen) atoms. The number of ketones is 1. The first-order valence-electron chi connectivity index (χ1n) is 12.1. The van der Waals surface area contributed by atoms with Gasteiger partial charge < -0.3 is 19.8 Å². The van der Waals surface area contributed by atoms with Crippen LogP contribution in [-0.4, -0.2) is 47.5 Å². The van der Waals surface area contributed by atoms with E-state index in [1.54, 1.807) is 6.20 Å². The molecule has 1 fully saturated rings. The molecule has 0 saturated carbocycles. The molecule has 3 aromatic rings. The largest absolute Gasteiger partial charge is 0.480 e. The number of para-hydroxylation sites is 1. The number of carbonyl (C=O) groups excluding carboxylic acids is 2. The number of carbonyl (C=O) groups is 2. The lowest BCUT2D eigenvalue weighted by Gasteiger charge is -2.34. The summed E-state index contributed by atoms with van der Waals surface area (Å²) in [6.07, 6.45) is 5.50. The maximum atomic E-state index is 14.7. The maximum Gasteiger partial charge on any atom is 0.261 e. The summed E-state index contributed by atoms with van der Waals surface area (Å²) < 4.78 is 26.2. The summed E-state index contributed by atoms with van der Waals surface area (Å²) in [5, 5.41) is 6.50. The maximum absolute atomic E-state index is 14.7. The van der Waals surface area contributed by atoms with Gasteiger partial charge in [-0.05, 0) is 25.0 Å². The van der Waals surface area contributed by atoms with Gasteiger partial charge in [-0.3, -0.25) is 9.59 Å². The van der Waals surface area contributed by atoms with Crippen LogP contribution < -0.4 is 15.4 Å². The minimum Gasteiger partial charge on any atom is -0.480 e. The quantitative estimate of drug-likeness (QED) is 0.371. The molecule has 1 amide bonds. The molecule has 0 unspecified atom stereocenters. The molecule has 0 aliphatic carbocycles. The van der Waals surface area contributed by atoms with Crippen molar-refractivity contribution in [3.63, 3.8) is 0 Å². The Morgan fingerprint density at radius 3 is 2.77 bits per heavy atom. The van der Waals surface area contributed by atoms with Gasteiger partial charge >= 0.3 is 0 Å². The van der Waals surface area contributed by atoms with Crippen molar-refractivity contribution in [1.29, 1.82) is 0 Å². The van der Waals surface area contributed by atoms with E-state index in [-0.39, 0.29) is 18.9 Å². The summed E-state index contributed by atoms with van der Waals surface area (Å²) in [4.78, 5) is 33.1. The number of aromatic nitrogens is 2. The summed E-state index contributed by atoms with van der Waals surface area (Å²) in [6, 6.07) is 9.00. The number of fused-ring (bicyclic) bond motifs is 1. The molecular formula is C26H31FN4O4. The molecule has 186 valence electrons. The Morgan fingerprint density at radius 1 is 1.26 bits per heavy atom. The van der Waals surface area contributed by atoms with Crippen molar-refractivity contribution in [3.05, 3.63) is 42.4 Å². The number of unbranched alkanes of at least 4 members (excludes halogenated alkanes) is 2. The van der Waals surface area contributed by atoms with Crippen LogP contribution in [0.15, 0.2) is 40.9 Å². The second kappa shape index (κ2) is 10.9. The van der Waals surface area contributed by atoms with E-state index in [1.807, 2.05) is 37.3 Å². The van der Waals surface area contributed by atoms with Crippen LogP contribution in [-0.2, 0) is 9.59 Å². The van der Waals surface area contributed by atoms with E-state index in [4.69, 9.17) is 9.15 Å². The number of rotatable bonds is 12. The molecule has 2 N–H and O–H groups in total. The number of alkyl halides is 1. The molecule has 1 aliphatic rings. The summed E-state index contributed by atoms with van der Waals surface area (Å²) in [5.41, 5.74) is -0.493. The normalized spacial score (nSPS) is 15.4. The first kappa shape index (κ1) is 24.8. The van der Waals surface area contributed by atoms with Crippen molar-refractivity contribution in [3.8, 4) is 17.2 Å². The van der Waals surface area contributed by atoms with Gasteiger partial charge in [0.05, 0.1) is 24.4 Å². The summed E-state index contributed by atoms with van der Waals surface area (Å²) in [5.74, 6) is 0.706. The van der Waals surface area contributed by atoms with Crippen LogP contribution in [0.3, 0.4) is 0 Å². The number of hydrogen-bond acceptors (Lipinski definition) is 7. The fourth-order valence-corrected chi connectivity index (χ4v) is 4.08. The van der Waals surface area contributed by atoms with Crippen molar-refractivity contribution in [1.82, 2.24) is 20.6 Å². The van der Waals surface area contributed by atoms with Gasteiger partial charge in [-0.15, -0.1) is 0 Å². The monoisotopic (exact) mass is 482 g/mol. The molecule has 8 nitrogen and oxygen atoms in total. The predicted octanol–water partition coefficient (Wildman–Crippen LogP) is 4.30. The van der Waals surface area contributed by atoms with E-state index >= 15 is 0 Å². The highest BCUT2D eigenvalue weighted by molar-refractivity contribution is 5.87. The van der Waals surface area contributed by atoms with Crippen LogP contribution in [0.4, 0.5) is 4.39 Å². The Labute approximate surface area is 203 Å². The molecule has 1 atom stereocenters. The van der Waals surface area contributed by atoms with Crippen LogP contribution in [0.1, 0.15) is 57.4 Å². The minimum atomic E-state index is -1.92. The summed E-state index contributed by atoms with van der Waals surface area (Å²) in [7, 11) is 1.54. The number of benzene rings is 1. The third-order valence-electron chi connectivity index (χ3n) is 6.33. The van der Waals surface area contributed by atoms with Crippen molar-refractivity contribution in [2.45, 2.75) is 57.2 Å². The van der Waals surface area contributed by atoms with Crippen molar-refractivity contribution in [2.24, 2.45) is 0 Å². The lowest BCUT2D eigenvalue weighted by atomic mass is 9.97. The van der Waals surface area contributed by atoms with Gasteiger partial charge in [0.15, 0.2) is 5.76 Å². The SMILES string of the molecule is CCC(=O)CCCCC[C@H](NC(=O)C1(F)CNC1)c1ncc(-c2cc3ccccc3nc2OC)o1. The number of ether oxygens (including phenoxy) is 1. The fourth-order valence-electron chi connectivity index (χ4n) is 4.08. The van der Waals surface area contributed by atoms with Gasteiger partial charge in [0.1, 0.15) is 11.8 Å². The third-order valence-corrected chi connectivity index (χ3v) is 6.33. The standard InChI is InChI=1S/C26H31FN4O4/c1-3-18(32)10-5-4-6-12-21(31-25(33)26(27)15-28-16-26)24-29-14-22(35-24)19-13-17-9-7-8-11-20(17)30-23(19)34-2/h7-9,11,13-14,21,28H,3-6,10,12,15-16H2,1-2H3,(H,31,33)/t21-/m0/s1. The van der Waals surface area contributed by atoms with E-state index in [1.165, 1.54) is 7.11 Å². The number of oxazole rings is 1. The molecular weight excluding hydrogens is 451 g/mol. The molecule has 1 aromatic carbocycles. The molecule has 1 aliphatic heterocycles. The number of nitrogens with one attached hydrogen (secondary N) is 2. The average molecular weight is 483 g/mol. The van der Waals surface area contributed by atoms with Crippen LogP contribution in [0.25, 0.3) is 22.2 Å². The Balaban J connectivity index is 1.53. The molecule has 9 heteroatoms. The molecule has 0 bridgehead atoms. The molecule has 0 radical (unpaired) electrons. The van der Waals surface area contributed by atoms with E-state index in [0.29, 0.717) is 42.4 Å². The van der Waals surface area contributed by atoms with Crippen molar-refractivity contribution >= 4 is 22.6 Å². The summed E-state index contributed by atoms with van der Waals surface area (Å²) in [6.45, 7) is 1.83.